The zero-order chi connectivity index (χ0) is 9.15. The molecule has 1 unspecified atom stereocenters. The quantitative estimate of drug-likeness (QED) is 0.727. The summed E-state index contributed by atoms with van der Waals surface area (Å²) in [5.74, 6) is 0.546. The molecule has 1 aliphatic heterocycles. The van der Waals surface area contributed by atoms with Gasteiger partial charge in [-0.2, -0.15) is 8.75 Å². The van der Waals surface area contributed by atoms with Crippen molar-refractivity contribution >= 4 is 23.3 Å². The van der Waals surface area contributed by atoms with Crippen molar-refractivity contribution in [1.29, 1.82) is 0 Å². The lowest BCUT2D eigenvalue weighted by molar-refractivity contribution is 0.0232. The highest BCUT2D eigenvalue weighted by Gasteiger charge is 2.35. The van der Waals surface area contributed by atoms with Gasteiger partial charge in [-0.15, -0.1) is 11.6 Å². The summed E-state index contributed by atoms with van der Waals surface area (Å²) < 4.78 is 13.8. The van der Waals surface area contributed by atoms with Crippen LogP contribution >= 0.6 is 23.3 Å². The molecule has 1 aliphatic rings. The summed E-state index contributed by atoms with van der Waals surface area (Å²) in [6, 6.07) is 0. The van der Waals surface area contributed by atoms with Crippen LogP contribution in [0.4, 0.5) is 0 Å². The van der Waals surface area contributed by atoms with E-state index in [-0.39, 0.29) is 5.60 Å². The van der Waals surface area contributed by atoms with Crippen LogP contribution in [0.25, 0.3) is 0 Å². The first kappa shape index (κ1) is 9.37. The molecule has 0 aromatic carbocycles. The maximum absolute atomic E-state index is 5.91. The lowest BCUT2D eigenvalue weighted by Crippen LogP contribution is -2.32. The number of alkyl halides is 1. The maximum Gasteiger partial charge on any atom is 0.0874 e. The molecule has 1 saturated heterocycles. The summed E-state index contributed by atoms with van der Waals surface area (Å²) in [5.41, 5.74) is 0.824. The van der Waals surface area contributed by atoms with E-state index in [0.717, 1.165) is 31.6 Å². The van der Waals surface area contributed by atoms with Crippen molar-refractivity contribution in [3.8, 4) is 0 Å². The van der Waals surface area contributed by atoms with Crippen LogP contribution in [0.1, 0.15) is 18.5 Å². The first-order chi connectivity index (χ1) is 6.35. The lowest BCUT2D eigenvalue weighted by atomic mass is 9.97. The van der Waals surface area contributed by atoms with E-state index in [4.69, 9.17) is 16.3 Å². The predicted octanol–water partition coefficient (Wildman–Crippen LogP) is 1.87. The summed E-state index contributed by atoms with van der Waals surface area (Å²) in [6.07, 6.45) is 4.73. The SMILES string of the molecule is ClCC1(Cc2cnsn2)CCCO1. The molecule has 5 heteroatoms. The van der Waals surface area contributed by atoms with Crippen LogP contribution < -0.4 is 0 Å². The standard InChI is InChI=1S/C8H11ClN2OS/c9-6-8(2-1-3-12-8)4-7-5-10-13-11-7/h5H,1-4,6H2. The fraction of sp³-hybridized carbons (Fsp3) is 0.750. The van der Waals surface area contributed by atoms with Crippen molar-refractivity contribution in [2.75, 3.05) is 12.5 Å². The van der Waals surface area contributed by atoms with Crippen molar-refractivity contribution in [3.05, 3.63) is 11.9 Å². The molecule has 0 N–H and O–H groups in total. The smallest absolute Gasteiger partial charge is 0.0874 e. The Morgan fingerprint density at radius 1 is 1.69 bits per heavy atom. The zero-order valence-electron chi connectivity index (χ0n) is 7.20. The second kappa shape index (κ2) is 3.90. The van der Waals surface area contributed by atoms with Gasteiger partial charge in [-0.25, -0.2) is 0 Å². The number of halogens is 1. The van der Waals surface area contributed by atoms with Crippen LogP contribution in [0.3, 0.4) is 0 Å². The Morgan fingerprint density at radius 3 is 3.15 bits per heavy atom. The summed E-state index contributed by atoms with van der Waals surface area (Å²) in [5, 5.41) is 0. The highest BCUT2D eigenvalue weighted by molar-refractivity contribution is 6.99. The predicted molar refractivity (Wildman–Crippen MR) is 52.3 cm³/mol. The fourth-order valence-corrected chi connectivity index (χ4v) is 2.38. The molecule has 2 rings (SSSR count). The number of hydrogen-bond acceptors (Lipinski definition) is 4. The maximum atomic E-state index is 5.91. The number of aromatic nitrogens is 2. The van der Waals surface area contributed by atoms with E-state index >= 15 is 0 Å². The first-order valence-corrected chi connectivity index (χ1v) is 5.57. The molecule has 0 aliphatic carbocycles. The van der Waals surface area contributed by atoms with Gasteiger partial charge in [-0.3, -0.25) is 0 Å². The molecule has 0 saturated carbocycles. The van der Waals surface area contributed by atoms with Gasteiger partial charge in [-0.1, -0.05) is 0 Å². The van der Waals surface area contributed by atoms with E-state index in [1.165, 1.54) is 11.7 Å². The third-order valence-corrected chi connectivity index (χ3v) is 3.34. The number of ether oxygens (including phenoxy) is 1. The lowest BCUT2D eigenvalue weighted by Gasteiger charge is -2.24. The highest BCUT2D eigenvalue weighted by Crippen LogP contribution is 2.30. The third-order valence-electron chi connectivity index (χ3n) is 2.34. The summed E-state index contributed by atoms with van der Waals surface area (Å²) in [4.78, 5) is 0. The Hall–Kier alpha value is -0.190. The van der Waals surface area contributed by atoms with Gasteiger partial charge in [0.15, 0.2) is 0 Å². The average molecular weight is 219 g/mol. The number of rotatable bonds is 3. The summed E-state index contributed by atoms with van der Waals surface area (Å²) >= 11 is 7.15. The minimum absolute atomic E-state index is 0.169. The molecule has 1 fully saturated rings. The van der Waals surface area contributed by atoms with E-state index in [1.54, 1.807) is 6.20 Å². The number of nitrogens with zero attached hydrogens (tertiary/aromatic N) is 2. The second-order valence-corrected chi connectivity index (χ2v) is 4.17. The van der Waals surface area contributed by atoms with E-state index in [9.17, 15) is 0 Å². The van der Waals surface area contributed by atoms with E-state index in [0.29, 0.717) is 5.88 Å². The monoisotopic (exact) mass is 218 g/mol. The van der Waals surface area contributed by atoms with Crippen molar-refractivity contribution in [2.45, 2.75) is 24.9 Å². The van der Waals surface area contributed by atoms with Gasteiger partial charge in [-0.05, 0) is 12.8 Å². The summed E-state index contributed by atoms with van der Waals surface area (Å²) in [6.45, 7) is 0.824. The van der Waals surface area contributed by atoms with Crippen LogP contribution in [0.15, 0.2) is 6.20 Å². The molecule has 2 heterocycles. The average Bonchev–Trinajstić information content (AvgIpc) is 2.77. The van der Waals surface area contributed by atoms with E-state index < -0.39 is 0 Å². The zero-order valence-corrected chi connectivity index (χ0v) is 8.77. The molecule has 0 bridgehead atoms. The topological polar surface area (TPSA) is 35.0 Å². The first-order valence-electron chi connectivity index (χ1n) is 4.31. The molecular formula is C8H11ClN2OS. The van der Waals surface area contributed by atoms with Crippen molar-refractivity contribution in [1.82, 2.24) is 8.75 Å². The Labute approximate surface area is 86.4 Å². The molecule has 1 aromatic rings. The van der Waals surface area contributed by atoms with Gasteiger partial charge >= 0.3 is 0 Å². The van der Waals surface area contributed by atoms with Crippen LogP contribution in [0.5, 0.6) is 0 Å². The second-order valence-electron chi connectivity index (χ2n) is 3.34. The number of hydrogen-bond donors (Lipinski definition) is 0. The molecule has 1 atom stereocenters. The Bertz CT molecular complexity index is 259. The van der Waals surface area contributed by atoms with E-state index in [1.807, 2.05) is 0 Å². The van der Waals surface area contributed by atoms with Crippen LogP contribution in [0, 0.1) is 0 Å². The molecular weight excluding hydrogens is 208 g/mol. The van der Waals surface area contributed by atoms with Gasteiger partial charge in [0.25, 0.3) is 0 Å². The Morgan fingerprint density at radius 2 is 2.62 bits per heavy atom. The van der Waals surface area contributed by atoms with Crippen molar-refractivity contribution < 1.29 is 4.74 Å². The minimum Gasteiger partial charge on any atom is -0.373 e. The fourth-order valence-electron chi connectivity index (χ4n) is 1.64. The molecule has 1 aromatic heterocycles. The van der Waals surface area contributed by atoms with Crippen LogP contribution in [-0.2, 0) is 11.2 Å². The van der Waals surface area contributed by atoms with E-state index in [2.05, 4.69) is 8.75 Å². The van der Waals surface area contributed by atoms with Gasteiger partial charge in [0.05, 0.1) is 35.1 Å². The molecule has 0 spiro atoms. The Balaban J connectivity index is 2.06. The minimum atomic E-state index is -0.169. The van der Waals surface area contributed by atoms with Crippen molar-refractivity contribution in [3.63, 3.8) is 0 Å². The highest BCUT2D eigenvalue weighted by atomic mass is 35.5. The van der Waals surface area contributed by atoms with Gasteiger partial charge in [0, 0.05) is 13.0 Å². The summed E-state index contributed by atoms with van der Waals surface area (Å²) in [7, 11) is 0. The largest absolute Gasteiger partial charge is 0.373 e. The van der Waals surface area contributed by atoms with Gasteiger partial charge < -0.3 is 4.74 Å². The normalized spacial score (nSPS) is 28.1. The molecule has 3 nitrogen and oxygen atoms in total. The third kappa shape index (κ3) is 2.00. The van der Waals surface area contributed by atoms with Crippen LogP contribution in [0.2, 0.25) is 0 Å². The van der Waals surface area contributed by atoms with Crippen molar-refractivity contribution in [2.24, 2.45) is 0 Å². The molecule has 0 amide bonds. The van der Waals surface area contributed by atoms with Crippen LogP contribution in [-0.4, -0.2) is 26.8 Å². The molecule has 0 radical (unpaired) electrons. The molecule has 72 valence electrons. The Kier molecular flexibility index (Phi) is 2.81. The van der Waals surface area contributed by atoms with Gasteiger partial charge in [0.2, 0.25) is 0 Å². The molecule has 13 heavy (non-hydrogen) atoms. The van der Waals surface area contributed by atoms with Gasteiger partial charge in [0.1, 0.15) is 0 Å².